The van der Waals surface area contributed by atoms with Crippen LogP contribution >= 0.6 is 0 Å². The molecular weight excluding hydrogens is 234 g/mol. The first-order chi connectivity index (χ1) is 8.66. The summed E-state index contributed by atoms with van der Waals surface area (Å²) < 4.78 is 0. The van der Waals surface area contributed by atoms with Gasteiger partial charge in [-0.05, 0) is 24.8 Å². The van der Waals surface area contributed by atoms with Crippen LogP contribution in [-0.2, 0) is 0 Å². The molecule has 0 radical (unpaired) electrons. The molecule has 1 aliphatic rings. The van der Waals surface area contributed by atoms with Crippen molar-refractivity contribution in [3.8, 4) is 0 Å². The molecule has 0 saturated carbocycles. The Labute approximate surface area is 105 Å². The normalized spacial score (nSPS) is 19.6. The first-order valence-corrected chi connectivity index (χ1v) is 6.05. The zero-order valence-electron chi connectivity index (χ0n) is 10.1. The predicted molar refractivity (Wildman–Crippen MR) is 65.4 cm³/mol. The Hall–Kier alpha value is -1.98. The zero-order chi connectivity index (χ0) is 13.0. The van der Waals surface area contributed by atoms with Crippen molar-refractivity contribution in [1.82, 2.24) is 15.2 Å². The molecule has 98 valence electrons. The van der Waals surface area contributed by atoms with Gasteiger partial charge in [0.1, 0.15) is 0 Å². The van der Waals surface area contributed by atoms with E-state index in [1.165, 1.54) is 4.90 Å². The molecule has 0 bridgehead atoms. The Bertz CT molecular complexity index is 416. The quantitative estimate of drug-likeness (QED) is 0.753. The second kappa shape index (κ2) is 5.57. The SMILES string of the molecule is O=C(NCC1CCCN(C(=O)O)C1)c1cc[nH]c1. The Morgan fingerprint density at radius 1 is 1.56 bits per heavy atom. The number of aromatic amines is 1. The summed E-state index contributed by atoms with van der Waals surface area (Å²) in [6.45, 7) is 1.62. The first kappa shape index (κ1) is 12.5. The van der Waals surface area contributed by atoms with Gasteiger partial charge in [-0.1, -0.05) is 0 Å². The van der Waals surface area contributed by atoms with Crippen LogP contribution in [0.3, 0.4) is 0 Å². The fourth-order valence-corrected chi connectivity index (χ4v) is 2.21. The standard InChI is InChI=1S/C12H17N3O3/c16-11(10-3-4-13-7-10)14-6-9-2-1-5-15(8-9)12(17)18/h3-4,7,9,13H,1-2,5-6,8H2,(H,14,16)(H,17,18). The Balaban J connectivity index is 1.80. The Kier molecular flexibility index (Phi) is 3.86. The summed E-state index contributed by atoms with van der Waals surface area (Å²) in [7, 11) is 0. The highest BCUT2D eigenvalue weighted by molar-refractivity contribution is 5.93. The highest BCUT2D eigenvalue weighted by Crippen LogP contribution is 2.15. The molecule has 0 aromatic carbocycles. The molecule has 2 rings (SSSR count). The van der Waals surface area contributed by atoms with Crippen molar-refractivity contribution in [2.24, 2.45) is 5.92 Å². The summed E-state index contributed by atoms with van der Waals surface area (Å²) in [6.07, 6.45) is 4.27. The van der Waals surface area contributed by atoms with E-state index >= 15 is 0 Å². The van der Waals surface area contributed by atoms with E-state index in [-0.39, 0.29) is 11.8 Å². The number of amides is 2. The van der Waals surface area contributed by atoms with Crippen LogP contribution in [-0.4, -0.2) is 46.6 Å². The van der Waals surface area contributed by atoms with Gasteiger partial charge in [-0.3, -0.25) is 4.79 Å². The second-order valence-corrected chi connectivity index (χ2v) is 4.55. The summed E-state index contributed by atoms with van der Waals surface area (Å²) in [6, 6.07) is 1.71. The summed E-state index contributed by atoms with van der Waals surface area (Å²) in [5.41, 5.74) is 0.598. The molecule has 1 unspecified atom stereocenters. The maximum Gasteiger partial charge on any atom is 0.407 e. The van der Waals surface area contributed by atoms with Crippen molar-refractivity contribution < 1.29 is 14.7 Å². The minimum atomic E-state index is -0.878. The van der Waals surface area contributed by atoms with Crippen LogP contribution in [0.1, 0.15) is 23.2 Å². The summed E-state index contributed by atoms with van der Waals surface area (Å²) in [5.74, 6) is 0.0847. The molecule has 3 N–H and O–H groups in total. The summed E-state index contributed by atoms with van der Waals surface area (Å²) in [4.78, 5) is 26.8. The van der Waals surface area contributed by atoms with E-state index < -0.39 is 6.09 Å². The third kappa shape index (κ3) is 3.03. The molecule has 0 aliphatic carbocycles. The maximum absolute atomic E-state index is 11.7. The molecule has 6 nitrogen and oxygen atoms in total. The van der Waals surface area contributed by atoms with Gasteiger partial charge in [-0.15, -0.1) is 0 Å². The predicted octanol–water partition coefficient (Wildman–Crippen LogP) is 1.13. The van der Waals surface area contributed by atoms with Crippen LogP contribution in [0.25, 0.3) is 0 Å². The molecule has 1 aromatic heterocycles. The highest BCUT2D eigenvalue weighted by Gasteiger charge is 2.23. The van der Waals surface area contributed by atoms with E-state index in [4.69, 9.17) is 5.11 Å². The molecule has 1 atom stereocenters. The van der Waals surface area contributed by atoms with Crippen LogP contribution in [0.5, 0.6) is 0 Å². The number of aromatic nitrogens is 1. The number of carboxylic acid groups (broad SMARTS) is 1. The Morgan fingerprint density at radius 3 is 3.06 bits per heavy atom. The number of H-pyrrole nitrogens is 1. The highest BCUT2D eigenvalue weighted by atomic mass is 16.4. The average molecular weight is 251 g/mol. The topological polar surface area (TPSA) is 85.4 Å². The lowest BCUT2D eigenvalue weighted by molar-refractivity contribution is 0.0929. The number of hydrogen-bond acceptors (Lipinski definition) is 2. The number of nitrogens with one attached hydrogen (secondary N) is 2. The van der Waals surface area contributed by atoms with Crippen molar-refractivity contribution in [1.29, 1.82) is 0 Å². The smallest absolute Gasteiger partial charge is 0.407 e. The van der Waals surface area contributed by atoms with E-state index in [0.717, 1.165) is 12.8 Å². The van der Waals surface area contributed by atoms with Gasteiger partial charge >= 0.3 is 6.09 Å². The second-order valence-electron chi connectivity index (χ2n) is 4.55. The van der Waals surface area contributed by atoms with E-state index in [2.05, 4.69) is 10.3 Å². The maximum atomic E-state index is 11.7. The van der Waals surface area contributed by atoms with E-state index in [9.17, 15) is 9.59 Å². The minimum absolute atomic E-state index is 0.122. The van der Waals surface area contributed by atoms with Gasteiger partial charge in [-0.25, -0.2) is 4.79 Å². The van der Waals surface area contributed by atoms with E-state index in [1.54, 1.807) is 18.5 Å². The number of rotatable bonds is 3. The van der Waals surface area contributed by atoms with E-state index in [0.29, 0.717) is 25.2 Å². The van der Waals surface area contributed by atoms with Gasteiger partial charge < -0.3 is 20.3 Å². The van der Waals surface area contributed by atoms with Crippen LogP contribution in [0.4, 0.5) is 4.79 Å². The number of nitrogens with zero attached hydrogens (tertiary/aromatic N) is 1. The number of carbonyl (C=O) groups is 2. The monoisotopic (exact) mass is 251 g/mol. The molecule has 2 heterocycles. The lowest BCUT2D eigenvalue weighted by Gasteiger charge is -2.30. The van der Waals surface area contributed by atoms with Gasteiger partial charge in [0.2, 0.25) is 0 Å². The van der Waals surface area contributed by atoms with Gasteiger partial charge in [0.05, 0.1) is 5.56 Å². The molecule has 18 heavy (non-hydrogen) atoms. The van der Waals surface area contributed by atoms with Crippen LogP contribution < -0.4 is 5.32 Å². The molecule has 1 aromatic rings. The summed E-state index contributed by atoms with van der Waals surface area (Å²) in [5, 5.41) is 11.8. The van der Waals surface area contributed by atoms with Crippen LogP contribution in [0.2, 0.25) is 0 Å². The third-order valence-corrected chi connectivity index (χ3v) is 3.20. The lowest BCUT2D eigenvalue weighted by atomic mass is 9.98. The molecular formula is C12H17N3O3. The largest absolute Gasteiger partial charge is 0.465 e. The van der Waals surface area contributed by atoms with Crippen molar-refractivity contribution in [2.45, 2.75) is 12.8 Å². The minimum Gasteiger partial charge on any atom is -0.465 e. The molecule has 1 aliphatic heterocycles. The number of carbonyl (C=O) groups excluding carboxylic acids is 1. The van der Waals surface area contributed by atoms with Gasteiger partial charge in [0.25, 0.3) is 5.91 Å². The van der Waals surface area contributed by atoms with Crippen molar-refractivity contribution in [3.05, 3.63) is 24.0 Å². The first-order valence-electron chi connectivity index (χ1n) is 6.05. The van der Waals surface area contributed by atoms with Crippen LogP contribution in [0, 0.1) is 5.92 Å². The van der Waals surface area contributed by atoms with Gasteiger partial charge in [-0.2, -0.15) is 0 Å². The average Bonchev–Trinajstić information content (AvgIpc) is 2.90. The lowest BCUT2D eigenvalue weighted by Crippen LogP contribution is -2.43. The number of hydrogen-bond donors (Lipinski definition) is 3. The van der Waals surface area contributed by atoms with Crippen molar-refractivity contribution in [3.63, 3.8) is 0 Å². The molecule has 2 amide bonds. The van der Waals surface area contributed by atoms with Gasteiger partial charge in [0, 0.05) is 32.0 Å². The fourth-order valence-electron chi connectivity index (χ4n) is 2.21. The van der Waals surface area contributed by atoms with Crippen molar-refractivity contribution >= 4 is 12.0 Å². The zero-order valence-corrected chi connectivity index (χ0v) is 10.1. The van der Waals surface area contributed by atoms with E-state index in [1.807, 2.05) is 0 Å². The Morgan fingerprint density at radius 2 is 2.39 bits per heavy atom. The third-order valence-electron chi connectivity index (χ3n) is 3.20. The molecule has 6 heteroatoms. The molecule has 0 spiro atoms. The molecule has 1 fully saturated rings. The number of piperidine rings is 1. The van der Waals surface area contributed by atoms with Gasteiger partial charge in [0.15, 0.2) is 0 Å². The summed E-state index contributed by atoms with van der Waals surface area (Å²) >= 11 is 0. The molecule has 1 saturated heterocycles. The number of likely N-dealkylation sites (tertiary alicyclic amines) is 1. The van der Waals surface area contributed by atoms with Crippen molar-refractivity contribution in [2.75, 3.05) is 19.6 Å². The fraction of sp³-hybridized carbons (Fsp3) is 0.500. The van der Waals surface area contributed by atoms with Crippen LogP contribution in [0.15, 0.2) is 18.5 Å².